The molecule has 1 aromatic rings. The molecule has 16 heavy (non-hydrogen) atoms. The van der Waals surface area contributed by atoms with Crippen LogP contribution in [0.2, 0.25) is 5.02 Å². The van der Waals surface area contributed by atoms with Crippen LogP contribution in [0.5, 0.6) is 0 Å². The van der Waals surface area contributed by atoms with Crippen molar-refractivity contribution < 1.29 is 13.2 Å². The van der Waals surface area contributed by atoms with E-state index in [4.69, 9.17) is 17.3 Å². The van der Waals surface area contributed by atoms with Gasteiger partial charge in [-0.15, -0.1) is 0 Å². The van der Waals surface area contributed by atoms with Crippen molar-refractivity contribution in [3.8, 4) is 0 Å². The average Bonchev–Trinajstić information content (AvgIpc) is 2.21. The zero-order chi connectivity index (χ0) is 12.3. The van der Waals surface area contributed by atoms with Gasteiger partial charge in [-0.1, -0.05) is 17.7 Å². The number of nitrogens with one attached hydrogen (secondary N) is 1. The van der Waals surface area contributed by atoms with E-state index in [2.05, 4.69) is 0 Å². The molecule has 5 nitrogen and oxygen atoms in total. The molecular formula is C9H11ClN2O3S. The van der Waals surface area contributed by atoms with Crippen molar-refractivity contribution in [1.29, 1.82) is 0 Å². The van der Waals surface area contributed by atoms with E-state index in [0.717, 1.165) is 5.56 Å². The van der Waals surface area contributed by atoms with Gasteiger partial charge in [-0.25, -0.2) is 13.1 Å². The molecule has 88 valence electrons. The third-order valence-electron chi connectivity index (χ3n) is 1.89. The monoisotopic (exact) mass is 262 g/mol. The van der Waals surface area contributed by atoms with E-state index < -0.39 is 22.5 Å². The first kappa shape index (κ1) is 13.0. The van der Waals surface area contributed by atoms with Gasteiger partial charge in [0.1, 0.15) is 0 Å². The Hall–Kier alpha value is -1.11. The lowest BCUT2D eigenvalue weighted by Gasteiger charge is -2.06. The van der Waals surface area contributed by atoms with Crippen LogP contribution in [0.25, 0.3) is 0 Å². The fourth-order valence-corrected chi connectivity index (χ4v) is 2.26. The number of nitrogens with two attached hydrogens (primary N) is 1. The van der Waals surface area contributed by atoms with Crippen LogP contribution in [-0.4, -0.2) is 20.9 Å². The SMILES string of the molecule is Cc1ccc(S(=O)(=O)NC(=O)CN)cc1Cl. The Morgan fingerprint density at radius 2 is 2.12 bits per heavy atom. The first-order valence-corrected chi connectivity index (χ1v) is 6.25. The first-order valence-electron chi connectivity index (χ1n) is 4.38. The summed E-state index contributed by atoms with van der Waals surface area (Å²) < 4.78 is 25.1. The van der Waals surface area contributed by atoms with Crippen molar-refractivity contribution in [2.24, 2.45) is 5.73 Å². The summed E-state index contributed by atoms with van der Waals surface area (Å²) in [7, 11) is -3.87. The zero-order valence-corrected chi connectivity index (χ0v) is 10.1. The molecule has 0 radical (unpaired) electrons. The number of carbonyl (C=O) groups excluding carboxylic acids is 1. The van der Waals surface area contributed by atoms with Crippen LogP contribution < -0.4 is 10.5 Å². The zero-order valence-electron chi connectivity index (χ0n) is 8.53. The maximum absolute atomic E-state index is 11.6. The molecule has 0 bridgehead atoms. The molecule has 3 N–H and O–H groups in total. The number of halogens is 1. The second-order valence-electron chi connectivity index (χ2n) is 3.14. The van der Waals surface area contributed by atoms with Gasteiger partial charge < -0.3 is 5.73 Å². The van der Waals surface area contributed by atoms with Crippen LogP contribution in [0, 0.1) is 6.92 Å². The predicted octanol–water partition coefficient (Wildman–Crippen LogP) is 0.412. The molecule has 7 heteroatoms. The van der Waals surface area contributed by atoms with Gasteiger partial charge in [-0.2, -0.15) is 0 Å². The molecule has 0 spiro atoms. The summed E-state index contributed by atoms with van der Waals surface area (Å²) in [6.45, 7) is 1.36. The number of hydrogen-bond acceptors (Lipinski definition) is 4. The van der Waals surface area contributed by atoms with Gasteiger partial charge >= 0.3 is 0 Å². The smallest absolute Gasteiger partial charge is 0.264 e. The minimum absolute atomic E-state index is 0.0649. The van der Waals surface area contributed by atoms with Crippen LogP contribution >= 0.6 is 11.6 Å². The molecule has 0 atom stereocenters. The van der Waals surface area contributed by atoms with Crippen LogP contribution in [-0.2, 0) is 14.8 Å². The fourth-order valence-electron chi connectivity index (χ4n) is 0.991. The summed E-state index contributed by atoms with van der Waals surface area (Å²) in [4.78, 5) is 10.8. The van der Waals surface area contributed by atoms with Crippen LogP contribution in [0.4, 0.5) is 0 Å². The van der Waals surface area contributed by atoms with E-state index >= 15 is 0 Å². The van der Waals surface area contributed by atoms with Gasteiger partial charge in [-0.3, -0.25) is 4.79 Å². The second kappa shape index (κ2) is 4.82. The molecule has 0 unspecified atom stereocenters. The van der Waals surface area contributed by atoms with Crippen molar-refractivity contribution in [3.05, 3.63) is 28.8 Å². The van der Waals surface area contributed by atoms with E-state index in [1.807, 2.05) is 4.72 Å². The Morgan fingerprint density at radius 3 is 2.62 bits per heavy atom. The number of hydrogen-bond donors (Lipinski definition) is 2. The highest BCUT2D eigenvalue weighted by Crippen LogP contribution is 2.19. The highest BCUT2D eigenvalue weighted by molar-refractivity contribution is 7.90. The lowest BCUT2D eigenvalue weighted by Crippen LogP contribution is -2.35. The van der Waals surface area contributed by atoms with E-state index in [9.17, 15) is 13.2 Å². The van der Waals surface area contributed by atoms with E-state index in [-0.39, 0.29) is 4.90 Å². The van der Waals surface area contributed by atoms with Crippen LogP contribution in [0.3, 0.4) is 0 Å². The number of carbonyl (C=O) groups is 1. The summed E-state index contributed by atoms with van der Waals surface area (Å²) in [5, 5.41) is 0.322. The van der Waals surface area contributed by atoms with E-state index in [1.165, 1.54) is 12.1 Å². The number of sulfonamides is 1. The molecule has 0 fully saturated rings. The van der Waals surface area contributed by atoms with Gasteiger partial charge in [0, 0.05) is 5.02 Å². The molecular weight excluding hydrogens is 252 g/mol. The molecule has 0 heterocycles. The minimum Gasteiger partial charge on any atom is -0.322 e. The van der Waals surface area contributed by atoms with Gasteiger partial charge in [-0.05, 0) is 24.6 Å². The normalized spacial score (nSPS) is 11.2. The summed E-state index contributed by atoms with van der Waals surface area (Å²) in [5.41, 5.74) is 5.76. The molecule has 0 aliphatic rings. The Kier molecular flexibility index (Phi) is 3.90. The maximum Gasteiger partial charge on any atom is 0.264 e. The predicted molar refractivity (Wildman–Crippen MR) is 60.6 cm³/mol. The summed E-state index contributed by atoms with van der Waals surface area (Å²) in [6.07, 6.45) is 0. The number of benzene rings is 1. The fraction of sp³-hybridized carbons (Fsp3) is 0.222. The number of rotatable bonds is 3. The first-order chi connectivity index (χ1) is 7.36. The molecule has 1 rings (SSSR count). The van der Waals surface area contributed by atoms with Crippen molar-refractivity contribution in [1.82, 2.24) is 4.72 Å². The van der Waals surface area contributed by atoms with E-state index in [1.54, 1.807) is 13.0 Å². The third-order valence-corrected chi connectivity index (χ3v) is 3.67. The summed E-state index contributed by atoms with van der Waals surface area (Å²) in [6, 6.07) is 4.21. The maximum atomic E-state index is 11.6. The minimum atomic E-state index is -3.87. The Balaban J connectivity index is 3.08. The quantitative estimate of drug-likeness (QED) is 0.826. The van der Waals surface area contributed by atoms with Crippen molar-refractivity contribution >= 4 is 27.5 Å². The van der Waals surface area contributed by atoms with Crippen LogP contribution in [0.1, 0.15) is 5.56 Å². The van der Waals surface area contributed by atoms with Gasteiger partial charge in [0.2, 0.25) is 5.91 Å². The molecule has 1 aromatic carbocycles. The molecule has 0 aliphatic carbocycles. The Morgan fingerprint density at radius 1 is 1.50 bits per heavy atom. The number of amides is 1. The lowest BCUT2D eigenvalue weighted by atomic mass is 10.2. The highest BCUT2D eigenvalue weighted by atomic mass is 35.5. The Bertz CT molecular complexity index is 513. The molecule has 0 aliphatic heterocycles. The van der Waals surface area contributed by atoms with Gasteiger partial charge in [0.15, 0.2) is 0 Å². The van der Waals surface area contributed by atoms with Crippen molar-refractivity contribution in [3.63, 3.8) is 0 Å². The lowest BCUT2D eigenvalue weighted by molar-refractivity contribution is -0.118. The van der Waals surface area contributed by atoms with E-state index in [0.29, 0.717) is 5.02 Å². The second-order valence-corrected chi connectivity index (χ2v) is 5.23. The molecule has 0 saturated carbocycles. The average molecular weight is 263 g/mol. The molecule has 0 aromatic heterocycles. The third kappa shape index (κ3) is 2.94. The summed E-state index contributed by atoms with van der Waals surface area (Å²) in [5.74, 6) is -0.767. The number of aryl methyl sites for hydroxylation is 1. The van der Waals surface area contributed by atoms with Crippen LogP contribution in [0.15, 0.2) is 23.1 Å². The van der Waals surface area contributed by atoms with Gasteiger partial charge in [0.05, 0.1) is 11.4 Å². The van der Waals surface area contributed by atoms with Gasteiger partial charge in [0.25, 0.3) is 10.0 Å². The topological polar surface area (TPSA) is 89.3 Å². The van der Waals surface area contributed by atoms with Crippen molar-refractivity contribution in [2.75, 3.05) is 6.54 Å². The standard InChI is InChI=1S/C9H11ClN2O3S/c1-6-2-3-7(4-8(6)10)16(14,15)12-9(13)5-11/h2-4H,5,11H2,1H3,(H,12,13). The van der Waals surface area contributed by atoms with Crippen molar-refractivity contribution in [2.45, 2.75) is 11.8 Å². The molecule has 1 amide bonds. The Labute approximate surface area is 98.6 Å². The molecule has 0 saturated heterocycles. The highest BCUT2D eigenvalue weighted by Gasteiger charge is 2.17. The summed E-state index contributed by atoms with van der Waals surface area (Å²) >= 11 is 5.79. The largest absolute Gasteiger partial charge is 0.322 e.